The Morgan fingerprint density at radius 3 is 0.347 bits per heavy atom. The molecule has 0 aliphatic rings. The predicted octanol–water partition coefficient (Wildman–Crippen LogP) is -10.0. The fourth-order valence-electron chi connectivity index (χ4n) is 5.39. The van der Waals surface area contributed by atoms with E-state index in [2.05, 4.69) is 0 Å². The van der Waals surface area contributed by atoms with Gasteiger partial charge in [-0.2, -0.15) is 0 Å². The normalized spacial score (nSPS) is 8.33. The quantitative estimate of drug-likeness (QED) is 0.0541. The largest absolute Gasteiger partial charge is 4.00 e. The third kappa shape index (κ3) is 35.7. The molecule has 0 aromatic heterocycles. The molecule has 0 saturated heterocycles. The zero-order valence-corrected chi connectivity index (χ0v) is 61.3. The van der Waals surface area contributed by atoms with Crippen LogP contribution in [0, 0.1) is 0 Å². The first kappa shape index (κ1) is 123. The molecule has 6 aromatic rings. The van der Waals surface area contributed by atoms with Gasteiger partial charge in [0.05, 0.1) is 69.2 Å². The van der Waals surface area contributed by atoms with Crippen molar-refractivity contribution in [2.45, 2.75) is 0 Å². The Balaban J connectivity index is -0.0000000700. The summed E-state index contributed by atoms with van der Waals surface area (Å²) in [6.07, 6.45) is 0. The summed E-state index contributed by atoms with van der Waals surface area (Å²) in [6.45, 7) is 0. The van der Waals surface area contributed by atoms with E-state index in [0.29, 0.717) is 72.8 Å². The molecule has 98 heavy (non-hydrogen) atoms. The van der Waals surface area contributed by atoms with Crippen LogP contribution < -0.4 is 61.3 Å². The molecule has 0 heterocycles. The number of carbonyl (C=O) groups is 12. The Hall–Kier alpha value is -8.46. The van der Waals surface area contributed by atoms with Gasteiger partial charge in [0, 0.05) is 33.4 Å². The Labute approximate surface area is 654 Å². The summed E-state index contributed by atoms with van der Waals surface area (Å²) in [6, 6.07) is 6.52. The predicted molar refractivity (Wildman–Crippen MR) is 244 cm³/mol. The van der Waals surface area contributed by atoms with E-state index in [9.17, 15) is 119 Å². The number of carboxylic acids is 12. The molecule has 0 radical (unpaired) electrons. The van der Waals surface area contributed by atoms with Crippen molar-refractivity contribution in [2.75, 3.05) is 0 Å². The van der Waals surface area contributed by atoms with Gasteiger partial charge < -0.3 is 195 Å². The third-order valence-electron chi connectivity index (χ3n) is 9.29. The van der Waals surface area contributed by atoms with E-state index in [0.717, 1.165) is 0 Å². The molecule has 0 aliphatic heterocycles. The molecular formula is C48H28O44Zr6. The number of benzene rings is 6. The molecule has 0 atom stereocenters. The van der Waals surface area contributed by atoms with Crippen LogP contribution >= 0.6 is 0 Å². The maximum absolute atomic E-state index is 11.0. The maximum Gasteiger partial charge on any atom is 4.00 e. The smallest absolute Gasteiger partial charge is 2.00 e. The van der Waals surface area contributed by atoms with Crippen molar-refractivity contribution >= 4 is 71.6 Å². The minimum Gasteiger partial charge on any atom is -2.00 e. The summed E-state index contributed by atoms with van der Waals surface area (Å²) in [5, 5.41) is 232. The summed E-state index contributed by atoms with van der Waals surface area (Å²) < 4.78 is 0. The number of aromatic hydroxyl groups is 6. The molecular weight excluding hydrogens is 1830 g/mol. The standard InChI is InChI=1S/6C8H6O6.4H2O.4O.6Zr/c6*9-5-1-3(7(11)12)6(10)2-4(5)8(13)14;;;;;;;;;;;;;;/h6*1-2,9-10H,(H,11,12)(H,13,14);4*1H2;;;;;;;;;;/q;;;;;;;;;;4*-2;6*+4/p-16. The monoisotopic (exact) mass is 1850 g/mol. The Bertz CT molecular complexity index is 2870. The van der Waals surface area contributed by atoms with Crippen LogP contribution in [-0.4, -0.2) is 155 Å². The Morgan fingerprint density at radius 1 is 0.204 bits per heavy atom. The molecule has 0 spiro atoms. The van der Waals surface area contributed by atoms with Gasteiger partial charge in [0.25, 0.3) is 0 Å². The number of rotatable bonds is 12. The van der Waals surface area contributed by atoms with Crippen molar-refractivity contribution in [1.29, 1.82) is 0 Å². The maximum atomic E-state index is 11.0. The Kier molecular flexibility index (Phi) is 68.5. The van der Waals surface area contributed by atoms with Crippen molar-refractivity contribution in [3.8, 4) is 69.0 Å². The van der Waals surface area contributed by atoms with Crippen LogP contribution in [0.1, 0.15) is 124 Å². The van der Waals surface area contributed by atoms with E-state index < -0.39 is 207 Å². The van der Waals surface area contributed by atoms with Crippen LogP contribution in [0.4, 0.5) is 0 Å². The van der Waals surface area contributed by atoms with E-state index in [1.54, 1.807) is 0 Å². The number of aromatic carboxylic acids is 12. The van der Waals surface area contributed by atoms with E-state index >= 15 is 0 Å². The second-order valence-corrected chi connectivity index (χ2v) is 14.7. The first-order chi connectivity index (χ1) is 38.6. The van der Waals surface area contributed by atoms with Gasteiger partial charge in [-0.05, 0) is 36.4 Å². The molecule has 0 amide bonds. The van der Waals surface area contributed by atoms with Gasteiger partial charge in [-0.15, -0.1) is 0 Å². The molecule has 0 bridgehead atoms. The minimum atomic E-state index is -1.74. The number of carbonyl (C=O) groups excluding carboxylic acids is 6. The molecule has 6 aromatic carbocycles. The second-order valence-electron chi connectivity index (χ2n) is 14.7. The van der Waals surface area contributed by atoms with Crippen molar-refractivity contribution in [1.82, 2.24) is 0 Å². The molecule has 44 nitrogen and oxygen atoms in total. The van der Waals surface area contributed by atoms with Gasteiger partial charge in [0.15, 0.2) is 0 Å². The summed E-state index contributed by atoms with van der Waals surface area (Å²) in [4.78, 5) is 124. The van der Waals surface area contributed by atoms with Crippen molar-refractivity contribution < 1.29 is 381 Å². The van der Waals surface area contributed by atoms with E-state index in [4.69, 9.17) is 61.3 Å². The van der Waals surface area contributed by atoms with Crippen molar-refractivity contribution in [2.24, 2.45) is 0 Å². The van der Waals surface area contributed by atoms with E-state index in [-0.39, 0.29) is 201 Å². The van der Waals surface area contributed by atoms with Crippen LogP contribution in [0.2, 0.25) is 0 Å². The zero-order chi connectivity index (χ0) is 65.3. The second kappa shape index (κ2) is 54.5. The van der Waals surface area contributed by atoms with Crippen molar-refractivity contribution in [3.63, 3.8) is 0 Å². The van der Waals surface area contributed by atoms with Crippen LogP contribution in [0.25, 0.3) is 0 Å². The molecule has 0 aliphatic carbocycles. The SMILES string of the molecule is O=C(O)c1cc(O)c(C(=O)[O-])cc1[O-].O=C(O)c1cc(O)c(C(=O)[O-])cc1[O-].O=C(O)c1cc(O)c(C(=O)[O-])cc1[O-].O=C(O)c1cc(O)c(C(=O)[O-])cc1[O-].O=C(O)c1cc(O)c(C(=O)[O-])cc1[O-].O=C(O)c1cc(O)c(C(=O)[O-])cc1[O-].[O-2].[O-2].[O-2].[O-2].[OH-].[OH-].[OH-].[OH-].[Zr+4].[Zr+4].[Zr+4].[Zr+4].[Zr+4].[Zr+4]. The van der Waals surface area contributed by atoms with Gasteiger partial charge in [-0.3, -0.25) is 0 Å². The average molecular weight is 1860 g/mol. The van der Waals surface area contributed by atoms with Crippen LogP contribution in [0.3, 0.4) is 0 Å². The fourth-order valence-corrected chi connectivity index (χ4v) is 5.39. The topological polar surface area (TPSA) is 958 Å². The van der Waals surface area contributed by atoms with Crippen LogP contribution in [0.15, 0.2) is 72.8 Å². The summed E-state index contributed by atoms with van der Waals surface area (Å²) in [5.74, 6) is -30.4. The zero-order valence-electron chi connectivity index (χ0n) is 46.5. The van der Waals surface area contributed by atoms with Gasteiger partial charge >= 0.3 is 193 Å². The average Bonchev–Trinajstić information content (AvgIpc) is 3.37. The fraction of sp³-hybridized carbons (Fsp3) is 0. The number of carboxylic acid groups (broad SMARTS) is 12. The van der Waals surface area contributed by atoms with Crippen LogP contribution in [-0.2, 0) is 179 Å². The van der Waals surface area contributed by atoms with Gasteiger partial charge in [0.2, 0.25) is 0 Å². The molecule has 16 N–H and O–H groups in total. The van der Waals surface area contributed by atoms with E-state index in [1.807, 2.05) is 0 Å². The summed E-state index contributed by atoms with van der Waals surface area (Å²) in [5.41, 5.74) is -8.46. The molecule has 50 heteroatoms. The summed E-state index contributed by atoms with van der Waals surface area (Å²) in [7, 11) is 0. The van der Waals surface area contributed by atoms with Crippen LogP contribution in [0.5, 0.6) is 69.0 Å². The molecule has 0 fully saturated rings. The van der Waals surface area contributed by atoms with Crippen molar-refractivity contribution in [3.05, 3.63) is 140 Å². The minimum absolute atomic E-state index is 0. The van der Waals surface area contributed by atoms with E-state index in [1.165, 1.54) is 0 Å². The first-order valence-electron chi connectivity index (χ1n) is 20.5. The Morgan fingerprint density at radius 2 is 0.286 bits per heavy atom. The summed E-state index contributed by atoms with van der Waals surface area (Å²) >= 11 is 0. The first-order valence-corrected chi connectivity index (χ1v) is 20.5. The van der Waals surface area contributed by atoms with Gasteiger partial charge in [0.1, 0.15) is 34.5 Å². The molecule has 0 unspecified atom stereocenters. The van der Waals surface area contributed by atoms with Gasteiger partial charge in [-0.25, -0.2) is 28.8 Å². The van der Waals surface area contributed by atoms with Gasteiger partial charge in [-0.1, -0.05) is 70.9 Å². The molecule has 0 saturated carbocycles. The number of hydrogen-bond acceptors (Lipinski definition) is 34. The molecule has 508 valence electrons. The third-order valence-corrected chi connectivity index (χ3v) is 9.29. The molecule has 6 rings (SSSR count). The number of hydrogen-bond donors (Lipinski definition) is 12. The number of phenols is 6.